The monoisotopic (exact) mass is 370 g/mol. The summed E-state index contributed by atoms with van der Waals surface area (Å²) in [5.74, 6) is -0.589. The largest absolute Gasteiger partial charge is 0.469 e. The fraction of sp³-hybridized carbons (Fsp3) is 0.429. The third-order valence-electron chi connectivity index (χ3n) is 5.16. The molecule has 3 unspecified atom stereocenters. The first-order valence-corrected chi connectivity index (χ1v) is 9.18. The molecule has 2 fully saturated rings. The molecule has 6 heteroatoms. The highest BCUT2D eigenvalue weighted by atomic mass is 16.6. The van der Waals surface area contributed by atoms with Gasteiger partial charge in [-0.1, -0.05) is 24.3 Å². The molecule has 0 spiro atoms. The van der Waals surface area contributed by atoms with Crippen molar-refractivity contribution >= 4 is 22.7 Å². The molecule has 142 valence electrons. The van der Waals surface area contributed by atoms with Gasteiger partial charge in [-0.15, -0.1) is 0 Å². The third-order valence-corrected chi connectivity index (χ3v) is 5.16. The van der Waals surface area contributed by atoms with Gasteiger partial charge < -0.3 is 18.9 Å². The molecule has 0 bridgehead atoms. The molecular formula is C21H22O6. The van der Waals surface area contributed by atoms with E-state index >= 15 is 0 Å². The zero-order valence-electron chi connectivity index (χ0n) is 15.2. The van der Waals surface area contributed by atoms with Crippen LogP contribution in [0.25, 0.3) is 10.8 Å². The lowest BCUT2D eigenvalue weighted by Gasteiger charge is -2.16. The second-order valence-corrected chi connectivity index (χ2v) is 6.91. The molecule has 2 saturated heterocycles. The van der Waals surface area contributed by atoms with Crippen molar-refractivity contribution in [1.29, 1.82) is 0 Å². The molecule has 2 aliphatic rings. The minimum atomic E-state index is -0.364. The summed E-state index contributed by atoms with van der Waals surface area (Å²) >= 11 is 0. The lowest BCUT2D eigenvalue weighted by molar-refractivity contribution is -0.140. The van der Waals surface area contributed by atoms with E-state index in [0.717, 1.165) is 22.8 Å². The van der Waals surface area contributed by atoms with E-state index in [1.54, 1.807) is 6.07 Å². The normalized spacial score (nSPS) is 24.0. The number of benzene rings is 2. The van der Waals surface area contributed by atoms with Crippen LogP contribution in [-0.2, 0) is 30.2 Å². The Morgan fingerprint density at radius 1 is 1.11 bits per heavy atom. The number of fused-ring (bicyclic) bond motifs is 2. The maximum absolute atomic E-state index is 12.5. The third kappa shape index (κ3) is 3.82. The van der Waals surface area contributed by atoms with Gasteiger partial charge in [-0.2, -0.15) is 0 Å². The smallest absolute Gasteiger partial charge is 0.338 e. The lowest BCUT2D eigenvalue weighted by Crippen LogP contribution is -2.32. The molecule has 2 aromatic rings. The summed E-state index contributed by atoms with van der Waals surface area (Å²) < 4.78 is 21.5. The second-order valence-electron chi connectivity index (χ2n) is 6.91. The van der Waals surface area contributed by atoms with Crippen LogP contribution < -0.4 is 0 Å². The Balaban J connectivity index is 1.44. The molecule has 2 aliphatic heterocycles. The lowest BCUT2D eigenvalue weighted by atomic mass is 10.0. The molecule has 0 aromatic heterocycles. The minimum absolute atomic E-state index is 0.0443. The topological polar surface area (TPSA) is 71.1 Å². The summed E-state index contributed by atoms with van der Waals surface area (Å²) in [5, 5.41) is 1.96. The molecule has 0 aliphatic carbocycles. The van der Waals surface area contributed by atoms with Gasteiger partial charge in [0.1, 0.15) is 6.10 Å². The summed E-state index contributed by atoms with van der Waals surface area (Å²) in [6.07, 6.45) is 1.38. The molecule has 2 aromatic carbocycles. The highest BCUT2D eigenvalue weighted by Gasteiger charge is 2.44. The van der Waals surface area contributed by atoms with Crippen LogP contribution >= 0.6 is 0 Å². The van der Waals surface area contributed by atoms with E-state index in [0.29, 0.717) is 31.6 Å². The van der Waals surface area contributed by atoms with Gasteiger partial charge in [0.15, 0.2) is 6.10 Å². The first kappa shape index (κ1) is 17.9. The number of aryl methyl sites for hydroxylation is 1. The zero-order valence-corrected chi connectivity index (χ0v) is 15.2. The second kappa shape index (κ2) is 7.66. The number of esters is 2. The van der Waals surface area contributed by atoms with Crippen LogP contribution in [0.4, 0.5) is 0 Å². The number of ether oxygens (including phenoxy) is 4. The number of rotatable bonds is 5. The van der Waals surface area contributed by atoms with Crippen molar-refractivity contribution in [2.24, 2.45) is 0 Å². The average molecular weight is 370 g/mol. The molecule has 6 nitrogen and oxygen atoms in total. The van der Waals surface area contributed by atoms with Gasteiger partial charge in [0.2, 0.25) is 0 Å². The summed E-state index contributed by atoms with van der Waals surface area (Å²) in [6, 6.07) is 11.4. The fourth-order valence-corrected chi connectivity index (χ4v) is 3.66. The van der Waals surface area contributed by atoms with Crippen LogP contribution in [0, 0.1) is 0 Å². The maximum atomic E-state index is 12.5. The molecular weight excluding hydrogens is 348 g/mol. The first-order chi connectivity index (χ1) is 13.1. The Morgan fingerprint density at radius 3 is 2.78 bits per heavy atom. The number of methoxy groups -OCH3 is 1. The molecule has 27 heavy (non-hydrogen) atoms. The van der Waals surface area contributed by atoms with Gasteiger partial charge in [-0.3, -0.25) is 4.79 Å². The van der Waals surface area contributed by atoms with Crippen LogP contribution in [0.1, 0.15) is 28.8 Å². The molecule has 0 amide bonds. The van der Waals surface area contributed by atoms with Crippen molar-refractivity contribution in [2.45, 2.75) is 37.6 Å². The average Bonchev–Trinajstić information content (AvgIpc) is 3.30. The standard InChI is InChI=1S/C21H22O6/c1-24-19(22)7-3-13-2-4-15-11-16(6-5-14(15)10-13)21(23)27-18-12-26-17-8-9-25-20(17)18/h2,4-6,10-11,17-18,20H,3,7-9,12H2,1H3. The van der Waals surface area contributed by atoms with Crippen molar-refractivity contribution in [2.75, 3.05) is 20.3 Å². The van der Waals surface area contributed by atoms with E-state index in [4.69, 9.17) is 14.2 Å². The van der Waals surface area contributed by atoms with Gasteiger partial charge in [-0.05, 0) is 41.3 Å². The van der Waals surface area contributed by atoms with E-state index in [1.807, 2.05) is 30.3 Å². The minimum Gasteiger partial charge on any atom is -0.469 e. The Labute approximate surface area is 157 Å². The van der Waals surface area contributed by atoms with Gasteiger partial charge in [0.05, 0.1) is 25.4 Å². The van der Waals surface area contributed by atoms with Crippen LogP contribution in [0.2, 0.25) is 0 Å². The fourth-order valence-electron chi connectivity index (χ4n) is 3.66. The Bertz CT molecular complexity index is 861. The number of hydrogen-bond donors (Lipinski definition) is 0. The molecule has 2 heterocycles. The summed E-state index contributed by atoms with van der Waals surface area (Å²) in [4.78, 5) is 23.8. The van der Waals surface area contributed by atoms with E-state index in [9.17, 15) is 9.59 Å². The molecule has 0 radical (unpaired) electrons. The van der Waals surface area contributed by atoms with Crippen LogP contribution in [0.3, 0.4) is 0 Å². The predicted molar refractivity (Wildman–Crippen MR) is 97.6 cm³/mol. The summed E-state index contributed by atoms with van der Waals surface area (Å²) in [6.45, 7) is 1.04. The molecule has 4 rings (SSSR count). The number of carbonyl (C=O) groups excluding carboxylic acids is 2. The summed E-state index contributed by atoms with van der Waals surface area (Å²) in [7, 11) is 1.39. The zero-order chi connectivity index (χ0) is 18.8. The predicted octanol–water partition coefficient (Wildman–Crippen LogP) is 2.66. The van der Waals surface area contributed by atoms with Crippen LogP contribution in [0.5, 0.6) is 0 Å². The van der Waals surface area contributed by atoms with E-state index in [-0.39, 0.29) is 30.3 Å². The van der Waals surface area contributed by atoms with Crippen molar-refractivity contribution < 1.29 is 28.5 Å². The van der Waals surface area contributed by atoms with Gasteiger partial charge in [0, 0.05) is 13.0 Å². The molecule has 0 N–H and O–H groups in total. The van der Waals surface area contributed by atoms with Crippen molar-refractivity contribution in [3.63, 3.8) is 0 Å². The number of hydrogen-bond acceptors (Lipinski definition) is 6. The summed E-state index contributed by atoms with van der Waals surface area (Å²) in [5.41, 5.74) is 1.56. The quantitative estimate of drug-likeness (QED) is 0.754. The van der Waals surface area contributed by atoms with Crippen molar-refractivity contribution in [3.8, 4) is 0 Å². The Morgan fingerprint density at radius 2 is 1.93 bits per heavy atom. The van der Waals surface area contributed by atoms with Crippen molar-refractivity contribution in [1.82, 2.24) is 0 Å². The SMILES string of the molecule is COC(=O)CCc1ccc2cc(C(=O)OC3COC4CCOC43)ccc2c1. The highest BCUT2D eigenvalue weighted by Crippen LogP contribution is 2.29. The Hall–Kier alpha value is -2.44. The van der Waals surface area contributed by atoms with Crippen molar-refractivity contribution in [3.05, 3.63) is 47.5 Å². The van der Waals surface area contributed by atoms with Crippen LogP contribution in [-0.4, -0.2) is 50.6 Å². The molecule has 0 saturated carbocycles. The van der Waals surface area contributed by atoms with E-state index in [2.05, 4.69) is 4.74 Å². The maximum Gasteiger partial charge on any atom is 0.338 e. The number of carbonyl (C=O) groups is 2. The van der Waals surface area contributed by atoms with Gasteiger partial charge in [-0.25, -0.2) is 4.79 Å². The molecule has 3 atom stereocenters. The van der Waals surface area contributed by atoms with Gasteiger partial charge >= 0.3 is 11.9 Å². The van der Waals surface area contributed by atoms with Crippen LogP contribution in [0.15, 0.2) is 36.4 Å². The van der Waals surface area contributed by atoms with E-state index in [1.165, 1.54) is 7.11 Å². The Kier molecular flexibility index (Phi) is 5.09. The van der Waals surface area contributed by atoms with Gasteiger partial charge in [0.25, 0.3) is 0 Å². The highest BCUT2D eigenvalue weighted by molar-refractivity contribution is 5.95. The van der Waals surface area contributed by atoms with E-state index < -0.39 is 0 Å². The first-order valence-electron chi connectivity index (χ1n) is 9.18.